The third-order valence-electron chi connectivity index (χ3n) is 3.06. The van der Waals surface area contributed by atoms with Crippen molar-refractivity contribution in [2.75, 3.05) is 13.1 Å². The van der Waals surface area contributed by atoms with Crippen LogP contribution in [0.1, 0.15) is 33.1 Å². The second-order valence-corrected chi connectivity index (χ2v) is 4.85. The van der Waals surface area contributed by atoms with E-state index in [1.807, 2.05) is 0 Å². The van der Waals surface area contributed by atoms with Gasteiger partial charge in [-0.05, 0) is 33.1 Å². The van der Waals surface area contributed by atoms with E-state index in [1.165, 1.54) is 6.92 Å². The highest BCUT2D eigenvalue weighted by Gasteiger charge is 2.27. The summed E-state index contributed by atoms with van der Waals surface area (Å²) < 4.78 is 0. The summed E-state index contributed by atoms with van der Waals surface area (Å²) in [6.07, 6.45) is 1.90. The van der Waals surface area contributed by atoms with E-state index in [9.17, 15) is 14.7 Å². The molecule has 0 aromatic carbocycles. The minimum absolute atomic E-state index is 0.377. The quantitative estimate of drug-likeness (QED) is 0.656. The van der Waals surface area contributed by atoms with E-state index in [2.05, 4.69) is 5.32 Å². The van der Waals surface area contributed by atoms with E-state index in [0.29, 0.717) is 25.9 Å². The Balaban J connectivity index is 2.50. The molecule has 6 nitrogen and oxygen atoms in total. The first-order valence-electron chi connectivity index (χ1n) is 5.82. The Hall–Kier alpha value is -1.30. The van der Waals surface area contributed by atoms with Crippen LogP contribution in [-0.4, -0.2) is 51.8 Å². The van der Waals surface area contributed by atoms with Crippen LogP contribution >= 0.6 is 0 Å². The predicted molar refractivity (Wildman–Crippen MR) is 61.7 cm³/mol. The maximum absolute atomic E-state index is 11.7. The lowest BCUT2D eigenvalue weighted by Gasteiger charge is -2.23. The van der Waals surface area contributed by atoms with E-state index in [0.717, 1.165) is 6.42 Å². The summed E-state index contributed by atoms with van der Waals surface area (Å²) in [7, 11) is 0. The van der Waals surface area contributed by atoms with Crippen molar-refractivity contribution in [2.24, 2.45) is 0 Å². The van der Waals surface area contributed by atoms with Crippen molar-refractivity contribution in [1.82, 2.24) is 10.2 Å². The molecule has 1 aliphatic heterocycles. The SMILES string of the molecule is C[C@@H](NC(=O)N1CCCC(C)(O)CC1)C(=O)O. The fourth-order valence-corrected chi connectivity index (χ4v) is 1.80. The zero-order valence-electron chi connectivity index (χ0n) is 10.3. The van der Waals surface area contributed by atoms with Crippen molar-refractivity contribution in [3.8, 4) is 0 Å². The number of likely N-dealkylation sites (tertiary alicyclic amines) is 1. The first kappa shape index (κ1) is 13.8. The lowest BCUT2D eigenvalue weighted by molar-refractivity contribution is -0.138. The Labute approximate surface area is 101 Å². The fraction of sp³-hybridized carbons (Fsp3) is 0.818. The van der Waals surface area contributed by atoms with Crippen LogP contribution in [0.2, 0.25) is 0 Å². The number of rotatable bonds is 2. The van der Waals surface area contributed by atoms with Gasteiger partial charge < -0.3 is 20.4 Å². The summed E-state index contributed by atoms with van der Waals surface area (Å²) in [5.74, 6) is -1.06. The molecule has 0 aromatic heterocycles. The molecule has 17 heavy (non-hydrogen) atoms. The van der Waals surface area contributed by atoms with Crippen LogP contribution in [-0.2, 0) is 4.79 Å². The van der Waals surface area contributed by atoms with Crippen LogP contribution in [0.25, 0.3) is 0 Å². The van der Waals surface area contributed by atoms with E-state index in [4.69, 9.17) is 5.11 Å². The molecule has 2 amide bonds. The second-order valence-electron chi connectivity index (χ2n) is 4.85. The summed E-state index contributed by atoms with van der Waals surface area (Å²) in [4.78, 5) is 23.9. The number of nitrogens with one attached hydrogen (secondary N) is 1. The maximum atomic E-state index is 11.7. The number of carbonyl (C=O) groups is 2. The molecule has 0 aromatic rings. The zero-order valence-corrected chi connectivity index (χ0v) is 10.3. The number of nitrogens with zero attached hydrogens (tertiary/aromatic N) is 1. The van der Waals surface area contributed by atoms with Gasteiger partial charge >= 0.3 is 12.0 Å². The number of aliphatic hydroxyl groups is 1. The molecule has 1 saturated heterocycles. The molecule has 6 heteroatoms. The van der Waals surface area contributed by atoms with Gasteiger partial charge in [0.2, 0.25) is 0 Å². The molecule has 0 spiro atoms. The topological polar surface area (TPSA) is 89.9 Å². The van der Waals surface area contributed by atoms with Gasteiger partial charge in [-0.3, -0.25) is 4.79 Å². The monoisotopic (exact) mass is 244 g/mol. The Morgan fingerprint density at radius 1 is 1.35 bits per heavy atom. The lowest BCUT2D eigenvalue weighted by atomic mass is 9.98. The Bertz CT molecular complexity index is 304. The molecule has 1 unspecified atom stereocenters. The molecule has 1 fully saturated rings. The van der Waals surface area contributed by atoms with Gasteiger partial charge in [-0.15, -0.1) is 0 Å². The first-order valence-corrected chi connectivity index (χ1v) is 5.82. The van der Waals surface area contributed by atoms with E-state index < -0.39 is 17.6 Å². The molecule has 0 aliphatic carbocycles. The normalized spacial score (nSPS) is 27.1. The van der Waals surface area contributed by atoms with E-state index in [1.54, 1.807) is 11.8 Å². The minimum atomic E-state index is -1.06. The molecular formula is C11H20N2O4. The molecule has 0 radical (unpaired) electrons. The molecule has 0 saturated carbocycles. The number of carboxylic acid groups (broad SMARTS) is 1. The average Bonchev–Trinajstić information content (AvgIpc) is 2.39. The van der Waals surface area contributed by atoms with Crippen molar-refractivity contribution < 1.29 is 19.8 Å². The molecule has 1 rings (SSSR count). The molecule has 98 valence electrons. The average molecular weight is 244 g/mol. The molecule has 0 bridgehead atoms. The maximum Gasteiger partial charge on any atom is 0.325 e. The summed E-state index contributed by atoms with van der Waals surface area (Å²) >= 11 is 0. The highest BCUT2D eigenvalue weighted by Crippen LogP contribution is 2.21. The predicted octanol–water partition coefficient (Wildman–Crippen LogP) is 0.406. The van der Waals surface area contributed by atoms with Gasteiger partial charge in [0, 0.05) is 13.1 Å². The summed E-state index contributed by atoms with van der Waals surface area (Å²) in [5, 5.41) is 21.0. The van der Waals surface area contributed by atoms with Crippen LogP contribution < -0.4 is 5.32 Å². The summed E-state index contributed by atoms with van der Waals surface area (Å²) in [6, 6.07) is -1.27. The van der Waals surface area contributed by atoms with Gasteiger partial charge in [-0.2, -0.15) is 0 Å². The standard InChI is InChI=1S/C11H20N2O4/c1-8(9(14)15)12-10(16)13-6-3-4-11(2,17)5-7-13/h8,17H,3-7H2,1-2H3,(H,12,16)(H,14,15)/t8-,11?/m1/s1. The molecule has 1 heterocycles. The van der Waals surface area contributed by atoms with Gasteiger partial charge in [-0.1, -0.05) is 0 Å². The Kier molecular flexibility index (Phi) is 4.34. The van der Waals surface area contributed by atoms with Crippen molar-refractivity contribution >= 4 is 12.0 Å². The third-order valence-corrected chi connectivity index (χ3v) is 3.06. The summed E-state index contributed by atoms with van der Waals surface area (Å²) in [5.41, 5.74) is -0.729. The lowest BCUT2D eigenvalue weighted by Crippen LogP contribution is -2.47. The van der Waals surface area contributed by atoms with Crippen LogP contribution in [0.15, 0.2) is 0 Å². The third kappa shape index (κ3) is 4.22. The molecule has 1 aliphatic rings. The molecule has 3 N–H and O–H groups in total. The summed E-state index contributed by atoms with van der Waals surface area (Å²) in [6.45, 7) is 4.18. The number of hydrogen-bond donors (Lipinski definition) is 3. The van der Waals surface area contributed by atoms with Gasteiger partial charge in [-0.25, -0.2) is 4.79 Å². The van der Waals surface area contributed by atoms with Gasteiger partial charge in [0.25, 0.3) is 0 Å². The number of urea groups is 1. The van der Waals surface area contributed by atoms with Crippen molar-refractivity contribution in [3.63, 3.8) is 0 Å². The number of carbonyl (C=O) groups excluding carboxylic acids is 1. The highest BCUT2D eigenvalue weighted by molar-refractivity contribution is 5.82. The van der Waals surface area contributed by atoms with Crippen LogP contribution in [0.4, 0.5) is 4.79 Å². The smallest absolute Gasteiger partial charge is 0.325 e. The minimum Gasteiger partial charge on any atom is -0.480 e. The van der Waals surface area contributed by atoms with Gasteiger partial charge in [0.1, 0.15) is 6.04 Å². The number of amides is 2. The fourth-order valence-electron chi connectivity index (χ4n) is 1.80. The second kappa shape index (κ2) is 5.35. The largest absolute Gasteiger partial charge is 0.480 e. The van der Waals surface area contributed by atoms with Crippen molar-refractivity contribution in [2.45, 2.75) is 44.8 Å². The van der Waals surface area contributed by atoms with E-state index >= 15 is 0 Å². The number of aliphatic carboxylic acids is 1. The highest BCUT2D eigenvalue weighted by atomic mass is 16.4. The van der Waals surface area contributed by atoms with Crippen molar-refractivity contribution in [1.29, 1.82) is 0 Å². The molecule has 2 atom stereocenters. The van der Waals surface area contributed by atoms with Crippen LogP contribution in [0.3, 0.4) is 0 Å². The van der Waals surface area contributed by atoms with Crippen LogP contribution in [0, 0.1) is 0 Å². The van der Waals surface area contributed by atoms with Gasteiger partial charge in [0.15, 0.2) is 0 Å². The van der Waals surface area contributed by atoms with Crippen molar-refractivity contribution in [3.05, 3.63) is 0 Å². The zero-order chi connectivity index (χ0) is 13.1. The molecular weight excluding hydrogens is 224 g/mol. The Morgan fingerprint density at radius 3 is 2.59 bits per heavy atom. The number of carboxylic acids is 1. The number of hydrogen-bond acceptors (Lipinski definition) is 3. The first-order chi connectivity index (χ1) is 7.82. The van der Waals surface area contributed by atoms with E-state index in [-0.39, 0.29) is 6.03 Å². The van der Waals surface area contributed by atoms with Gasteiger partial charge in [0.05, 0.1) is 5.60 Å². The van der Waals surface area contributed by atoms with Crippen LogP contribution in [0.5, 0.6) is 0 Å². The Morgan fingerprint density at radius 2 is 2.00 bits per heavy atom.